The molecule has 2 aromatic carbocycles. The quantitative estimate of drug-likeness (QED) is 0.0533. The molecule has 0 amide bonds. The lowest BCUT2D eigenvalue weighted by Crippen LogP contribution is -2.65. The van der Waals surface area contributed by atoms with Crippen molar-refractivity contribution in [1.82, 2.24) is 0 Å². The molecule has 0 aliphatic carbocycles. The van der Waals surface area contributed by atoms with Crippen molar-refractivity contribution < 1.29 is 18.4 Å². The van der Waals surface area contributed by atoms with E-state index in [-0.39, 0.29) is 11.9 Å². The van der Waals surface area contributed by atoms with Gasteiger partial charge in [-0.3, -0.25) is 9.59 Å². The summed E-state index contributed by atoms with van der Waals surface area (Å²) in [4.78, 5) is 26.8. The van der Waals surface area contributed by atoms with Crippen LogP contribution in [0.4, 0.5) is 0 Å². The fraction of sp³-hybridized carbons (Fsp3) is 0.696. The number of carbonyl (C=O) groups excluding carboxylic acids is 2. The molecule has 0 saturated heterocycles. The van der Waals surface area contributed by atoms with Crippen LogP contribution in [-0.4, -0.2) is 20.5 Å². The standard InChI is InChI=1S/C46H76O4Si/c1-3-5-7-9-11-13-15-17-19-21-23-25-27-35-41-45(47)49-51(43-37-31-29-32-38-43,44-39-33-30-34-40-44)50-46(48)42-36-28-26-24-22-20-18-16-14-12-10-8-6-4-2/h29-34,37-40H,3-28,35-36,41-42H2,1-2H3. The summed E-state index contributed by atoms with van der Waals surface area (Å²) >= 11 is 0. The summed E-state index contributed by atoms with van der Waals surface area (Å²) in [6, 6.07) is 19.4. The lowest BCUT2D eigenvalue weighted by molar-refractivity contribution is -0.140. The second-order valence-electron chi connectivity index (χ2n) is 15.0. The Labute approximate surface area is 315 Å². The Hall–Kier alpha value is -2.40. The second-order valence-corrected chi connectivity index (χ2v) is 17.8. The van der Waals surface area contributed by atoms with Gasteiger partial charge in [-0.2, -0.15) is 0 Å². The number of hydrogen-bond donors (Lipinski definition) is 0. The van der Waals surface area contributed by atoms with Crippen molar-refractivity contribution in [2.75, 3.05) is 0 Å². The molecule has 0 N–H and O–H groups in total. The molecule has 51 heavy (non-hydrogen) atoms. The van der Waals surface area contributed by atoms with E-state index in [9.17, 15) is 9.59 Å². The molecule has 0 heterocycles. The first-order chi connectivity index (χ1) is 25.1. The van der Waals surface area contributed by atoms with Crippen LogP contribution < -0.4 is 10.4 Å². The summed E-state index contributed by atoms with van der Waals surface area (Å²) in [5.41, 5.74) is 0. The molecule has 0 spiro atoms. The van der Waals surface area contributed by atoms with Gasteiger partial charge in [0, 0.05) is 23.2 Å². The fourth-order valence-corrected chi connectivity index (χ4v) is 10.0. The minimum absolute atomic E-state index is 0.266. The van der Waals surface area contributed by atoms with Crippen LogP contribution in [0.1, 0.15) is 206 Å². The summed E-state index contributed by atoms with van der Waals surface area (Å²) in [7, 11) is -3.59. The van der Waals surface area contributed by atoms with E-state index in [1.807, 2.05) is 60.7 Å². The molecule has 0 saturated carbocycles. The highest BCUT2D eigenvalue weighted by atomic mass is 28.4. The zero-order chi connectivity index (χ0) is 36.5. The van der Waals surface area contributed by atoms with Gasteiger partial charge in [-0.25, -0.2) is 0 Å². The SMILES string of the molecule is CCCCCCCCCCCCCCCCC(=O)O[Si](OC(=O)CCCCCCCCCCCCCCCC)(c1ccccc1)c1ccccc1. The maximum atomic E-state index is 13.4. The van der Waals surface area contributed by atoms with Gasteiger partial charge in [-0.05, 0) is 12.8 Å². The largest absolute Gasteiger partial charge is 0.534 e. The van der Waals surface area contributed by atoms with Crippen LogP contribution in [0, 0.1) is 0 Å². The molecule has 0 bridgehead atoms. The van der Waals surface area contributed by atoms with E-state index < -0.39 is 8.56 Å². The number of hydrogen-bond acceptors (Lipinski definition) is 4. The highest BCUT2D eigenvalue weighted by Gasteiger charge is 2.49. The Kier molecular flexibility index (Phi) is 27.3. The summed E-state index contributed by atoms with van der Waals surface area (Å²) in [6.07, 6.45) is 36.4. The van der Waals surface area contributed by atoms with Gasteiger partial charge in [-0.15, -0.1) is 0 Å². The van der Waals surface area contributed by atoms with E-state index in [2.05, 4.69) is 13.8 Å². The molecule has 0 aliphatic heterocycles. The molecule has 0 fully saturated rings. The topological polar surface area (TPSA) is 52.6 Å². The second kappa shape index (κ2) is 31.2. The lowest BCUT2D eigenvalue weighted by atomic mass is 10.0. The molecule has 0 atom stereocenters. The molecule has 5 heteroatoms. The smallest absolute Gasteiger partial charge is 0.478 e. The normalized spacial score (nSPS) is 11.5. The summed E-state index contributed by atoms with van der Waals surface area (Å²) in [6.45, 7) is 4.55. The zero-order valence-corrected chi connectivity index (χ0v) is 34.1. The Morgan fingerprint density at radius 2 is 0.608 bits per heavy atom. The molecular formula is C46H76O4Si. The first-order valence-electron chi connectivity index (χ1n) is 21.7. The minimum Gasteiger partial charge on any atom is -0.478 e. The molecular weight excluding hydrogens is 645 g/mol. The van der Waals surface area contributed by atoms with Gasteiger partial charge >= 0.3 is 8.56 Å². The van der Waals surface area contributed by atoms with Crippen molar-refractivity contribution in [2.45, 2.75) is 206 Å². The van der Waals surface area contributed by atoms with E-state index in [0.717, 1.165) is 48.9 Å². The van der Waals surface area contributed by atoms with Gasteiger partial charge in [0.15, 0.2) is 0 Å². The highest BCUT2D eigenvalue weighted by Crippen LogP contribution is 2.18. The van der Waals surface area contributed by atoms with Crippen molar-refractivity contribution in [3.8, 4) is 0 Å². The molecule has 4 nitrogen and oxygen atoms in total. The Morgan fingerprint density at radius 1 is 0.373 bits per heavy atom. The fourth-order valence-electron chi connectivity index (χ4n) is 7.09. The maximum absolute atomic E-state index is 13.4. The predicted octanol–water partition coefficient (Wildman–Crippen LogP) is 13.1. The van der Waals surface area contributed by atoms with E-state index in [1.165, 1.54) is 141 Å². The molecule has 0 aromatic heterocycles. The Balaban J connectivity index is 1.75. The van der Waals surface area contributed by atoms with Crippen molar-refractivity contribution in [3.05, 3.63) is 60.7 Å². The monoisotopic (exact) mass is 721 g/mol. The zero-order valence-electron chi connectivity index (χ0n) is 33.1. The van der Waals surface area contributed by atoms with Crippen LogP contribution in [0.2, 0.25) is 0 Å². The highest BCUT2D eigenvalue weighted by molar-refractivity contribution is 6.94. The van der Waals surface area contributed by atoms with Crippen LogP contribution in [0.5, 0.6) is 0 Å². The third-order valence-corrected chi connectivity index (χ3v) is 13.5. The van der Waals surface area contributed by atoms with E-state index >= 15 is 0 Å². The minimum atomic E-state index is -3.59. The van der Waals surface area contributed by atoms with Crippen LogP contribution in [-0.2, 0) is 18.4 Å². The Bertz CT molecular complexity index is 1000. The molecule has 0 aliphatic rings. The van der Waals surface area contributed by atoms with Gasteiger partial charge in [-0.1, -0.05) is 241 Å². The average Bonchev–Trinajstić information content (AvgIpc) is 3.15. The average molecular weight is 721 g/mol. The van der Waals surface area contributed by atoms with E-state index in [4.69, 9.17) is 8.85 Å². The third kappa shape index (κ3) is 21.7. The van der Waals surface area contributed by atoms with Gasteiger partial charge in [0.2, 0.25) is 0 Å². The molecule has 288 valence electrons. The van der Waals surface area contributed by atoms with Gasteiger partial charge in [0.1, 0.15) is 0 Å². The molecule has 0 radical (unpaired) electrons. The lowest BCUT2D eigenvalue weighted by Gasteiger charge is -2.30. The molecule has 2 rings (SSSR count). The van der Waals surface area contributed by atoms with Crippen LogP contribution >= 0.6 is 0 Å². The van der Waals surface area contributed by atoms with E-state index in [1.54, 1.807) is 0 Å². The number of benzene rings is 2. The first kappa shape index (κ1) is 44.8. The van der Waals surface area contributed by atoms with Crippen LogP contribution in [0.25, 0.3) is 0 Å². The van der Waals surface area contributed by atoms with Crippen LogP contribution in [0.3, 0.4) is 0 Å². The van der Waals surface area contributed by atoms with Gasteiger partial charge in [0.05, 0.1) is 0 Å². The van der Waals surface area contributed by atoms with Crippen molar-refractivity contribution >= 4 is 30.9 Å². The number of carbonyl (C=O) groups is 2. The first-order valence-corrected chi connectivity index (χ1v) is 23.5. The molecule has 2 aromatic rings. The molecule has 0 unspecified atom stereocenters. The summed E-state index contributed by atoms with van der Waals surface area (Å²) in [5, 5.41) is 1.58. The van der Waals surface area contributed by atoms with Gasteiger partial charge < -0.3 is 8.85 Å². The van der Waals surface area contributed by atoms with E-state index in [0.29, 0.717) is 12.8 Å². The summed E-state index contributed by atoms with van der Waals surface area (Å²) in [5.74, 6) is -0.532. The van der Waals surface area contributed by atoms with Crippen LogP contribution in [0.15, 0.2) is 60.7 Å². The van der Waals surface area contributed by atoms with Crippen molar-refractivity contribution in [2.24, 2.45) is 0 Å². The summed E-state index contributed by atoms with van der Waals surface area (Å²) < 4.78 is 12.8. The van der Waals surface area contributed by atoms with Crippen molar-refractivity contribution in [3.63, 3.8) is 0 Å². The number of unbranched alkanes of at least 4 members (excludes halogenated alkanes) is 26. The third-order valence-electron chi connectivity index (χ3n) is 10.3. The van der Waals surface area contributed by atoms with Gasteiger partial charge in [0.25, 0.3) is 11.9 Å². The predicted molar refractivity (Wildman–Crippen MR) is 220 cm³/mol. The van der Waals surface area contributed by atoms with Crippen molar-refractivity contribution in [1.29, 1.82) is 0 Å². The number of rotatable bonds is 34. The maximum Gasteiger partial charge on any atom is 0.534 e. The Morgan fingerprint density at radius 3 is 0.863 bits per heavy atom.